The lowest BCUT2D eigenvalue weighted by Crippen LogP contribution is -3.00. The number of rotatable bonds is 13. The van der Waals surface area contributed by atoms with Crippen molar-refractivity contribution in [2.75, 3.05) is 13.1 Å². The second-order valence-corrected chi connectivity index (χ2v) is 8.78. The number of unbranched alkanes of at least 4 members (excludes halogenated alkanes) is 5. The highest BCUT2D eigenvalue weighted by molar-refractivity contribution is 5.77. The van der Waals surface area contributed by atoms with Crippen LogP contribution in [0.3, 0.4) is 0 Å². The number of benzene rings is 2. The lowest BCUT2D eigenvalue weighted by molar-refractivity contribution is -0.460. The van der Waals surface area contributed by atoms with Gasteiger partial charge in [-0.15, -0.1) is 0 Å². The largest absolute Gasteiger partial charge is 1.00 e. The van der Waals surface area contributed by atoms with Crippen molar-refractivity contribution >= 4 is 11.7 Å². The first-order valence-electron chi connectivity index (χ1n) is 12.0. The van der Waals surface area contributed by atoms with Gasteiger partial charge in [0.1, 0.15) is 0 Å². The number of hydrogen-bond donors (Lipinski definition) is 4. The monoisotopic (exact) mass is 586 g/mol. The Morgan fingerprint density at radius 1 is 0.579 bits per heavy atom. The molecule has 0 saturated heterocycles. The maximum Gasteiger partial charge on any atom is 0.416 e. The number of nitrogens with one attached hydrogen (secondary N) is 2. The number of halogens is 8. The lowest BCUT2D eigenvalue weighted by Gasteiger charge is -2.07. The van der Waals surface area contributed by atoms with Crippen LogP contribution >= 0.6 is 0 Å². The van der Waals surface area contributed by atoms with Gasteiger partial charge < -0.3 is 24.8 Å². The van der Waals surface area contributed by atoms with Crippen LogP contribution in [0, 0.1) is 0 Å². The quantitative estimate of drug-likeness (QED) is 0.0860. The Hall–Kier alpha value is -2.46. The smallest absolute Gasteiger partial charge is 0.416 e. The molecular weight excluding hydrogens is 553 g/mol. The van der Waals surface area contributed by atoms with Gasteiger partial charge in [-0.2, -0.15) is 26.3 Å². The third-order valence-electron chi connectivity index (χ3n) is 5.61. The molecule has 0 aliphatic heterocycles. The summed E-state index contributed by atoms with van der Waals surface area (Å²) in [7, 11) is 0. The molecule has 0 bridgehead atoms. The molecule has 4 nitrogen and oxygen atoms in total. The van der Waals surface area contributed by atoms with Gasteiger partial charge in [0.05, 0.1) is 37.1 Å². The fourth-order valence-electron chi connectivity index (χ4n) is 3.74. The van der Waals surface area contributed by atoms with Gasteiger partial charge in [-0.3, -0.25) is 21.5 Å². The van der Waals surface area contributed by atoms with E-state index in [9.17, 15) is 26.3 Å². The van der Waals surface area contributed by atoms with Crippen LogP contribution in [0.25, 0.3) is 0 Å². The van der Waals surface area contributed by atoms with Gasteiger partial charge in [-0.25, -0.2) is 0 Å². The zero-order valence-electron chi connectivity index (χ0n) is 20.9. The third kappa shape index (κ3) is 13.9. The van der Waals surface area contributed by atoms with E-state index in [0.29, 0.717) is 35.9 Å². The first-order valence-corrected chi connectivity index (χ1v) is 12.0. The molecule has 38 heavy (non-hydrogen) atoms. The minimum atomic E-state index is -4.37. The van der Waals surface area contributed by atoms with Gasteiger partial charge in [0.25, 0.3) is 0 Å². The Morgan fingerprint density at radius 3 is 1.26 bits per heavy atom. The van der Waals surface area contributed by atoms with E-state index < -0.39 is 23.5 Å². The van der Waals surface area contributed by atoms with Crippen molar-refractivity contribution in [3.63, 3.8) is 0 Å². The first kappa shape index (κ1) is 35.5. The van der Waals surface area contributed by atoms with Crippen molar-refractivity contribution in [1.82, 2.24) is 0 Å². The number of nitrogens with two attached hydrogens (primary N) is 2. The highest BCUT2D eigenvalue weighted by atomic mass is 35.5. The SMILES string of the molecule is NC(Cc1cccc(C(F)(F)F)c1)=[NH+]CCCCCCCC[NH+]=C(N)Cc1cccc(C(F)(F)F)c1.[Cl-].[Cl-]. The summed E-state index contributed by atoms with van der Waals surface area (Å²) in [5, 5.41) is 0. The van der Waals surface area contributed by atoms with E-state index >= 15 is 0 Å². The summed E-state index contributed by atoms with van der Waals surface area (Å²) in [5.41, 5.74) is 11.5. The van der Waals surface area contributed by atoms with E-state index in [0.717, 1.165) is 62.8 Å². The fraction of sp³-hybridized carbons (Fsp3) is 0.462. The van der Waals surface area contributed by atoms with Gasteiger partial charge in [0.15, 0.2) is 0 Å². The van der Waals surface area contributed by atoms with Crippen LogP contribution < -0.4 is 46.3 Å². The van der Waals surface area contributed by atoms with Crippen LogP contribution in [0.5, 0.6) is 0 Å². The van der Waals surface area contributed by atoms with Gasteiger partial charge in [0, 0.05) is 0 Å². The standard InChI is InChI=1S/C26H32F6N4.2ClH/c27-25(28,29)21-11-7-9-19(15-21)17-23(33)35-13-5-3-1-2-4-6-14-36-24(34)18-20-10-8-12-22(16-20)26(30,31)32;;/h7-12,15-16H,1-6,13-14,17-18H2,(H2,33,35)(H2,34,36);2*1H. The van der Waals surface area contributed by atoms with E-state index in [-0.39, 0.29) is 37.7 Å². The Balaban J connectivity index is 0.00000684. The number of alkyl halides is 6. The van der Waals surface area contributed by atoms with Crippen molar-refractivity contribution in [3.05, 3.63) is 70.8 Å². The average Bonchev–Trinajstić information content (AvgIpc) is 2.79. The van der Waals surface area contributed by atoms with Crippen molar-refractivity contribution < 1.29 is 61.1 Å². The molecule has 0 amide bonds. The fourth-order valence-corrected chi connectivity index (χ4v) is 3.74. The number of hydrogen-bond acceptors (Lipinski definition) is 0. The minimum absolute atomic E-state index is 0. The molecule has 0 aliphatic rings. The van der Waals surface area contributed by atoms with Gasteiger partial charge in [-0.05, 0) is 48.9 Å². The summed E-state index contributed by atoms with van der Waals surface area (Å²) in [5.74, 6) is 0.888. The van der Waals surface area contributed by atoms with Crippen LogP contribution in [-0.2, 0) is 25.2 Å². The van der Waals surface area contributed by atoms with Crippen molar-refractivity contribution in [2.45, 2.75) is 63.7 Å². The molecule has 2 aromatic rings. The maximum absolute atomic E-state index is 12.8. The summed E-state index contributed by atoms with van der Waals surface area (Å²) >= 11 is 0. The third-order valence-corrected chi connectivity index (χ3v) is 5.61. The number of amidine groups is 2. The van der Waals surface area contributed by atoms with E-state index in [2.05, 4.69) is 9.98 Å². The molecule has 0 saturated carbocycles. The predicted molar refractivity (Wildman–Crippen MR) is 128 cm³/mol. The first-order chi connectivity index (χ1) is 16.9. The van der Waals surface area contributed by atoms with Crippen LogP contribution in [-0.4, -0.2) is 24.8 Å². The zero-order valence-corrected chi connectivity index (χ0v) is 22.4. The lowest BCUT2D eigenvalue weighted by atomic mass is 10.1. The summed E-state index contributed by atoms with van der Waals surface area (Å²) in [6, 6.07) is 10.3. The summed E-state index contributed by atoms with van der Waals surface area (Å²) in [4.78, 5) is 6.14. The molecule has 12 heteroatoms. The van der Waals surface area contributed by atoms with Crippen LogP contribution in [0.4, 0.5) is 26.3 Å². The molecule has 0 radical (unpaired) electrons. The topological polar surface area (TPSA) is 80.0 Å². The molecule has 0 atom stereocenters. The molecule has 0 heterocycles. The van der Waals surface area contributed by atoms with Gasteiger partial charge in [0.2, 0.25) is 11.7 Å². The molecule has 0 aromatic heterocycles. The van der Waals surface area contributed by atoms with Gasteiger partial charge >= 0.3 is 12.4 Å². The Bertz CT molecular complexity index is 942. The molecule has 0 aliphatic carbocycles. The highest BCUT2D eigenvalue weighted by Crippen LogP contribution is 2.30. The van der Waals surface area contributed by atoms with Crippen LogP contribution in [0.15, 0.2) is 48.5 Å². The molecule has 0 unspecified atom stereocenters. The van der Waals surface area contributed by atoms with E-state index in [1.165, 1.54) is 12.1 Å². The van der Waals surface area contributed by atoms with Crippen molar-refractivity contribution in [2.24, 2.45) is 11.5 Å². The molecule has 0 fully saturated rings. The summed E-state index contributed by atoms with van der Waals surface area (Å²) < 4.78 is 76.7. The van der Waals surface area contributed by atoms with E-state index in [1.54, 1.807) is 12.1 Å². The molecule has 0 spiro atoms. The predicted octanol–water partition coefficient (Wildman–Crippen LogP) is -3.27. The highest BCUT2D eigenvalue weighted by Gasteiger charge is 2.31. The Labute approximate surface area is 231 Å². The Morgan fingerprint density at radius 2 is 0.921 bits per heavy atom. The molecule has 2 aromatic carbocycles. The Kier molecular flexibility index (Phi) is 16.1. The maximum atomic E-state index is 12.8. The second kappa shape index (κ2) is 17.2. The minimum Gasteiger partial charge on any atom is -1.00 e. The average molecular weight is 587 g/mol. The van der Waals surface area contributed by atoms with E-state index in [4.69, 9.17) is 11.5 Å². The summed E-state index contributed by atoms with van der Waals surface area (Å²) in [6.07, 6.45) is -2.37. The molecule has 6 N–H and O–H groups in total. The van der Waals surface area contributed by atoms with Crippen LogP contribution in [0.1, 0.15) is 60.8 Å². The van der Waals surface area contributed by atoms with Crippen LogP contribution in [0.2, 0.25) is 0 Å². The molecular formula is C26H34Cl2F6N4. The molecule has 214 valence electrons. The normalized spacial score (nSPS) is 12.6. The zero-order chi connectivity index (χ0) is 26.6. The van der Waals surface area contributed by atoms with E-state index in [1.807, 2.05) is 0 Å². The molecule has 2 rings (SSSR count). The van der Waals surface area contributed by atoms with Crippen molar-refractivity contribution in [1.29, 1.82) is 0 Å². The summed E-state index contributed by atoms with van der Waals surface area (Å²) in [6.45, 7) is 1.32. The van der Waals surface area contributed by atoms with Crippen molar-refractivity contribution in [3.8, 4) is 0 Å². The second-order valence-electron chi connectivity index (χ2n) is 8.78. The van der Waals surface area contributed by atoms with Gasteiger partial charge in [-0.1, -0.05) is 49.2 Å².